The quantitative estimate of drug-likeness (QED) is 0.469. The van der Waals surface area contributed by atoms with Gasteiger partial charge in [0.1, 0.15) is 11.5 Å². The van der Waals surface area contributed by atoms with E-state index in [-0.39, 0.29) is 17.6 Å². The molecule has 1 fully saturated rings. The van der Waals surface area contributed by atoms with Crippen LogP contribution >= 0.6 is 0 Å². The fraction of sp³-hybridized carbons (Fsp3) is 0.565. The number of hydrogen-bond acceptors (Lipinski definition) is 4. The fourth-order valence-corrected chi connectivity index (χ4v) is 4.02. The molecule has 0 atom stereocenters. The van der Waals surface area contributed by atoms with Gasteiger partial charge in [-0.1, -0.05) is 51.2 Å². The van der Waals surface area contributed by atoms with Crippen molar-refractivity contribution in [3.63, 3.8) is 0 Å². The maximum Gasteiger partial charge on any atom is 0.277 e. The molecule has 0 radical (unpaired) electrons. The van der Waals surface area contributed by atoms with Gasteiger partial charge in [-0.3, -0.25) is 14.5 Å². The third kappa shape index (κ3) is 5.04. The van der Waals surface area contributed by atoms with Crippen molar-refractivity contribution in [1.29, 1.82) is 0 Å². The van der Waals surface area contributed by atoms with Gasteiger partial charge in [0.2, 0.25) is 0 Å². The second kappa shape index (κ2) is 10.0. The van der Waals surface area contributed by atoms with E-state index >= 15 is 0 Å². The van der Waals surface area contributed by atoms with Crippen LogP contribution in [0.1, 0.15) is 51.0 Å². The molecule has 1 saturated heterocycles. The predicted octanol–water partition coefficient (Wildman–Crippen LogP) is 3.51. The Hall–Kier alpha value is -2.21. The zero-order valence-corrected chi connectivity index (χ0v) is 17.6. The van der Waals surface area contributed by atoms with E-state index in [1.54, 1.807) is 12.1 Å². The highest BCUT2D eigenvalue weighted by molar-refractivity contribution is 6.35. The van der Waals surface area contributed by atoms with E-state index in [4.69, 9.17) is 0 Å². The van der Waals surface area contributed by atoms with E-state index in [9.17, 15) is 14.0 Å². The third-order valence-electron chi connectivity index (χ3n) is 5.83. The van der Waals surface area contributed by atoms with Crippen molar-refractivity contribution in [3.05, 3.63) is 41.3 Å². The minimum absolute atomic E-state index is 0.201. The molecule has 5 nitrogen and oxygen atoms in total. The number of benzene rings is 1. The summed E-state index contributed by atoms with van der Waals surface area (Å²) in [5.41, 5.74) is 1.52. The van der Waals surface area contributed by atoms with Crippen molar-refractivity contribution < 1.29 is 14.0 Å². The van der Waals surface area contributed by atoms with Gasteiger partial charge in [0.25, 0.3) is 11.8 Å². The summed E-state index contributed by atoms with van der Waals surface area (Å²) in [6, 6.07) is 5.89. The monoisotopic (exact) mass is 401 g/mol. The van der Waals surface area contributed by atoms with Crippen LogP contribution in [0.5, 0.6) is 0 Å². The first-order valence-electron chi connectivity index (χ1n) is 10.8. The molecular formula is C23H32FN3O2. The Labute approximate surface area is 173 Å². The first kappa shape index (κ1) is 21.5. The SMILES string of the molecule is CCCCCCCCN1C(=O)C(c2ccc(F)cc2)=C(N2CCN(C)CC2)C1=O. The lowest BCUT2D eigenvalue weighted by atomic mass is 10.0. The van der Waals surface area contributed by atoms with Gasteiger partial charge in [0.15, 0.2) is 0 Å². The van der Waals surface area contributed by atoms with Gasteiger partial charge in [0.05, 0.1) is 5.57 Å². The van der Waals surface area contributed by atoms with Gasteiger partial charge in [-0.25, -0.2) is 4.39 Å². The Kier molecular flexibility index (Phi) is 7.42. The molecule has 2 heterocycles. The molecule has 0 aliphatic carbocycles. The molecule has 2 aliphatic rings. The Balaban J connectivity index is 1.78. The molecule has 0 saturated carbocycles. The van der Waals surface area contributed by atoms with Crippen LogP contribution in [-0.2, 0) is 9.59 Å². The number of halogens is 1. The van der Waals surface area contributed by atoms with Crippen LogP contribution in [-0.4, -0.2) is 66.3 Å². The van der Waals surface area contributed by atoms with Crippen molar-refractivity contribution in [2.24, 2.45) is 0 Å². The van der Waals surface area contributed by atoms with Crippen LogP contribution in [0.15, 0.2) is 30.0 Å². The highest BCUT2D eigenvalue weighted by Gasteiger charge is 2.41. The van der Waals surface area contributed by atoms with E-state index in [0.717, 1.165) is 32.4 Å². The number of piperazine rings is 1. The van der Waals surface area contributed by atoms with Gasteiger partial charge in [-0.15, -0.1) is 0 Å². The lowest BCUT2D eigenvalue weighted by Crippen LogP contribution is -2.46. The highest BCUT2D eigenvalue weighted by atomic mass is 19.1. The van der Waals surface area contributed by atoms with Crippen LogP contribution < -0.4 is 0 Å². The average molecular weight is 402 g/mol. The maximum atomic E-state index is 13.4. The second-order valence-corrected chi connectivity index (χ2v) is 8.05. The number of carbonyl (C=O) groups excluding carboxylic acids is 2. The molecule has 1 aromatic carbocycles. The molecule has 2 aliphatic heterocycles. The summed E-state index contributed by atoms with van der Waals surface area (Å²) >= 11 is 0. The highest BCUT2D eigenvalue weighted by Crippen LogP contribution is 2.32. The summed E-state index contributed by atoms with van der Waals surface area (Å²) in [5, 5.41) is 0. The molecule has 0 bridgehead atoms. The molecule has 29 heavy (non-hydrogen) atoms. The second-order valence-electron chi connectivity index (χ2n) is 8.05. The number of carbonyl (C=O) groups is 2. The largest absolute Gasteiger partial charge is 0.364 e. The van der Waals surface area contributed by atoms with Crippen LogP contribution in [0, 0.1) is 5.82 Å². The number of unbranched alkanes of at least 4 members (excludes halogenated alkanes) is 5. The van der Waals surface area contributed by atoms with Gasteiger partial charge < -0.3 is 9.80 Å². The Bertz CT molecular complexity index is 752. The molecule has 3 rings (SSSR count). The van der Waals surface area contributed by atoms with Gasteiger partial charge in [-0.2, -0.15) is 0 Å². The van der Waals surface area contributed by atoms with E-state index in [0.29, 0.717) is 36.5 Å². The number of likely N-dealkylation sites (N-methyl/N-ethyl adjacent to an activating group) is 1. The Morgan fingerprint density at radius 1 is 0.862 bits per heavy atom. The van der Waals surface area contributed by atoms with Crippen LogP contribution in [0.4, 0.5) is 4.39 Å². The first-order chi connectivity index (χ1) is 14.0. The zero-order valence-electron chi connectivity index (χ0n) is 17.6. The van der Waals surface area contributed by atoms with E-state index in [1.165, 1.54) is 36.3 Å². The van der Waals surface area contributed by atoms with Crippen molar-refractivity contribution in [2.75, 3.05) is 39.8 Å². The fourth-order valence-electron chi connectivity index (χ4n) is 4.02. The van der Waals surface area contributed by atoms with Gasteiger partial charge >= 0.3 is 0 Å². The molecule has 0 aromatic heterocycles. The van der Waals surface area contributed by atoms with Crippen LogP contribution in [0.2, 0.25) is 0 Å². The van der Waals surface area contributed by atoms with Gasteiger partial charge in [0, 0.05) is 32.7 Å². The smallest absolute Gasteiger partial charge is 0.277 e. The Morgan fingerprint density at radius 3 is 2.14 bits per heavy atom. The van der Waals surface area contributed by atoms with E-state index in [2.05, 4.69) is 18.9 Å². The van der Waals surface area contributed by atoms with Crippen molar-refractivity contribution >= 4 is 17.4 Å². The van der Waals surface area contributed by atoms with Crippen molar-refractivity contribution in [1.82, 2.24) is 14.7 Å². The molecule has 0 N–H and O–H groups in total. The number of imide groups is 1. The van der Waals surface area contributed by atoms with E-state index < -0.39 is 0 Å². The minimum Gasteiger partial charge on any atom is -0.364 e. The molecule has 2 amide bonds. The lowest BCUT2D eigenvalue weighted by molar-refractivity contribution is -0.137. The number of hydrogen-bond donors (Lipinski definition) is 0. The molecule has 0 spiro atoms. The van der Waals surface area contributed by atoms with Gasteiger partial charge in [-0.05, 0) is 31.2 Å². The third-order valence-corrected chi connectivity index (χ3v) is 5.83. The summed E-state index contributed by atoms with van der Waals surface area (Å²) < 4.78 is 13.4. The molecule has 0 unspecified atom stereocenters. The summed E-state index contributed by atoms with van der Waals surface area (Å²) in [4.78, 5) is 32.1. The first-order valence-corrected chi connectivity index (χ1v) is 10.8. The minimum atomic E-state index is -0.351. The number of nitrogens with zero attached hydrogens (tertiary/aromatic N) is 3. The van der Waals surface area contributed by atoms with Crippen molar-refractivity contribution in [3.8, 4) is 0 Å². The molecule has 1 aromatic rings. The topological polar surface area (TPSA) is 43.9 Å². The number of rotatable bonds is 9. The lowest BCUT2D eigenvalue weighted by Gasteiger charge is -2.34. The molecular weight excluding hydrogens is 369 g/mol. The standard InChI is InChI=1S/C23H32FN3O2/c1-3-4-5-6-7-8-13-27-22(28)20(18-9-11-19(24)12-10-18)21(23(27)29)26-16-14-25(2)15-17-26/h9-12H,3-8,13-17H2,1-2H3. The molecule has 6 heteroatoms. The van der Waals surface area contributed by atoms with Crippen LogP contribution in [0.25, 0.3) is 5.57 Å². The zero-order chi connectivity index (χ0) is 20.8. The average Bonchev–Trinajstić information content (AvgIpc) is 2.96. The van der Waals surface area contributed by atoms with E-state index in [1.807, 2.05) is 4.90 Å². The summed E-state index contributed by atoms with van der Waals surface area (Å²) in [7, 11) is 2.05. The molecule has 158 valence electrons. The summed E-state index contributed by atoms with van der Waals surface area (Å²) in [6.45, 7) is 5.74. The normalized spacial score (nSPS) is 18.3. The summed E-state index contributed by atoms with van der Waals surface area (Å²) in [5.74, 6) is -0.798. The van der Waals surface area contributed by atoms with Crippen molar-refractivity contribution in [2.45, 2.75) is 45.4 Å². The Morgan fingerprint density at radius 2 is 1.48 bits per heavy atom. The maximum absolute atomic E-state index is 13.4. The number of amides is 2. The predicted molar refractivity (Wildman–Crippen MR) is 112 cm³/mol. The summed E-state index contributed by atoms with van der Waals surface area (Å²) in [6.07, 6.45) is 6.60. The van der Waals surface area contributed by atoms with Crippen LogP contribution in [0.3, 0.4) is 0 Å².